The summed E-state index contributed by atoms with van der Waals surface area (Å²) >= 11 is 5.85. The number of carbonyl (C=O) groups excluding carboxylic acids is 1. The van der Waals surface area contributed by atoms with Crippen molar-refractivity contribution in [2.45, 2.75) is 38.9 Å². The molecule has 0 radical (unpaired) electrons. The third kappa shape index (κ3) is 4.45. The lowest BCUT2D eigenvalue weighted by molar-refractivity contribution is 0.111. The molecular weight excluding hydrogens is 290 g/mol. The molecule has 5 heteroatoms. The summed E-state index contributed by atoms with van der Waals surface area (Å²) < 4.78 is 5.94. The van der Waals surface area contributed by atoms with E-state index in [0.29, 0.717) is 29.2 Å². The van der Waals surface area contributed by atoms with Crippen LogP contribution in [0.5, 0.6) is 0 Å². The molecule has 0 fully saturated rings. The van der Waals surface area contributed by atoms with Crippen LogP contribution in [0.15, 0.2) is 12.3 Å². The van der Waals surface area contributed by atoms with E-state index in [0.717, 1.165) is 0 Å². The van der Waals surface area contributed by atoms with Gasteiger partial charge in [-0.25, -0.2) is 0 Å². The highest BCUT2D eigenvalue weighted by atomic mass is 35.5. The van der Waals surface area contributed by atoms with Crippen molar-refractivity contribution < 1.29 is 9.22 Å². The molecule has 1 aromatic rings. The van der Waals surface area contributed by atoms with Crippen LogP contribution in [0.4, 0.5) is 0 Å². The smallest absolute Gasteiger partial charge is 0.193 e. The molecule has 0 spiro atoms. The fourth-order valence-corrected chi connectivity index (χ4v) is 2.23. The number of pyridine rings is 1. The second-order valence-electron chi connectivity index (χ2n) is 6.05. The number of aldehydes is 1. The predicted octanol–water partition coefficient (Wildman–Crippen LogP) is 3.92. The minimum absolute atomic E-state index is 0.153. The topological polar surface area (TPSA) is 39.2 Å². The van der Waals surface area contributed by atoms with Crippen molar-refractivity contribution in [2.24, 2.45) is 0 Å². The molecule has 0 aliphatic rings. The molecular formula is C15H20ClNO2Si. The Morgan fingerprint density at radius 1 is 1.45 bits per heavy atom. The Balaban J connectivity index is 2.78. The van der Waals surface area contributed by atoms with Gasteiger partial charge in [-0.05, 0) is 24.2 Å². The number of hydrogen-bond acceptors (Lipinski definition) is 3. The zero-order valence-corrected chi connectivity index (χ0v) is 14.3. The Morgan fingerprint density at radius 3 is 2.65 bits per heavy atom. The fourth-order valence-electron chi connectivity index (χ4n) is 1.21. The van der Waals surface area contributed by atoms with Crippen molar-refractivity contribution in [2.75, 3.05) is 6.61 Å². The Kier molecular flexibility index (Phi) is 5.52. The number of nitrogens with zero attached hydrogens (tertiary/aromatic N) is 1. The molecule has 0 aliphatic heterocycles. The van der Waals surface area contributed by atoms with Crippen LogP contribution < -0.4 is 0 Å². The lowest BCUT2D eigenvalue weighted by Crippen LogP contribution is -2.40. The molecule has 3 nitrogen and oxygen atoms in total. The quantitative estimate of drug-likeness (QED) is 0.482. The van der Waals surface area contributed by atoms with E-state index in [1.807, 2.05) is 0 Å². The Morgan fingerprint density at radius 2 is 2.10 bits per heavy atom. The van der Waals surface area contributed by atoms with Crippen molar-refractivity contribution in [3.63, 3.8) is 0 Å². The van der Waals surface area contributed by atoms with E-state index in [9.17, 15) is 4.79 Å². The van der Waals surface area contributed by atoms with Crippen LogP contribution in [0.3, 0.4) is 0 Å². The van der Waals surface area contributed by atoms with Crippen LogP contribution in [0.25, 0.3) is 0 Å². The van der Waals surface area contributed by atoms with Gasteiger partial charge < -0.3 is 4.43 Å². The van der Waals surface area contributed by atoms with E-state index in [-0.39, 0.29) is 5.04 Å². The maximum absolute atomic E-state index is 10.9. The summed E-state index contributed by atoms with van der Waals surface area (Å²) in [4.78, 5) is 14.8. The van der Waals surface area contributed by atoms with Crippen molar-refractivity contribution in [3.05, 3.63) is 28.5 Å². The first-order valence-corrected chi connectivity index (χ1v) is 9.69. The number of rotatable bonds is 3. The van der Waals surface area contributed by atoms with Crippen LogP contribution in [-0.4, -0.2) is 26.2 Å². The molecule has 20 heavy (non-hydrogen) atoms. The second kappa shape index (κ2) is 6.53. The van der Waals surface area contributed by atoms with Gasteiger partial charge in [-0.2, -0.15) is 0 Å². The van der Waals surface area contributed by atoms with Gasteiger partial charge in [-0.3, -0.25) is 9.78 Å². The molecule has 0 bridgehead atoms. The summed E-state index contributed by atoms with van der Waals surface area (Å²) in [7, 11) is -1.79. The molecule has 0 saturated heterocycles. The van der Waals surface area contributed by atoms with Crippen LogP contribution in [0.1, 0.15) is 36.8 Å². The summed E-state index contributed by atoms with van der Waals surface area (Å²) in [5, 5.41) is 0.616. The van der Waals surface area contributed by atoms with Gasteiger partial charge in [-0.1, -0.05) is 44.2 Å². The molecule has 1 aromatic heterocycles. The fraction of sp³-hybridized carbons (Fsp3) is 0.467. The van der Waals surface area contributed by atoms with Crippen LogP contribution in [0.2, 0.25) is 23.2 Å². The van der Waals surface area contributed by atoms with E-state index in [4.69, 9.17) is 16.0 Å². The van der Waals surface area contributed by atoms with Gasteiger partial charge >= 0.3 is 0 Å². The maximum atomic E-state index is 10.9. The monoisotopic (exact) mass is 309 g/mol. The van der Waals surface area contributed by atoms with E-state index in [1.54, 1.807) is 6.07 Å². The van der Waals surface area contributed by atoms with Crippen molar-refractivity contribution in [1.29, 1.82) is 0 Å². The van der Waals surface area contributed by atoms with E-state index < -0.39 is 8.32 Å². The normalized spacial score (nSPS) is 11.7. The number of halogens is 1. The minimum Gasteiger partial charge on any atom is -0.406 e. The Labute approximate surface area is 126 Å². The van der Waals surface area contributed by atoms with Gasteiger partial charge in [0.2, 0.25) is 0 Å². The van der Waals surface area contributed by atoms with Gasteiger partial charge in [0.05, 0.1) is 17.2 Å². The summed E-state index contributed by atoms with van der Waals surface area (Å²) in [5.74, 6) is 5.83. The zero-order chi connectivity index (χ0) is 15.4. The van der Waals surface area contributed by atoms with Gasteiger partial charge in [0.1, 0.15) is 5.69 Å². The molecule has 0 aromatic carbocycles. The maximum Gasteiger partial charge on any atom is 0.193 e. The highest BCUT2D eigenvalue weighted by Crippen LogP contribution is 2.36. The summed E-state index contributed by atoms with van der Waals surface area (Å²) in [6.07, 6.45) is 2.11. The first-order chi connectivity index (χ1) is 9.17. The van der Waals surface area contributed by atoms with Gasteiger partial charge in [0, 0.05) is 6.20 Å². The standard InChI is InChI=1S/C15H20ClNO2Si/c1-15(2,3)20(4,5)19-8-6-7-12-9-13(16)10-17-14(12)11-18/h9-11H,8H2,1-5H3. The molecule has 0 amide bonds. The van der Waals surface area contributed by atoms with Gasteiger partial charge in [0.15, 0.2) is 14.6 Å². The zero-order valence-electron chi connectivity index (χ0n) is 12.6. The molecule has 0 atom stereocenters. The SMILES string of the molecule is CC(C)(C)[Si](C)(C)OCC#Cc1cc(Cl)cnc1C=O. The van der Waals surface area contributed by atoms with E-state index in [2.05, 4.69) is 50.7 Å². The van der Waals surface area contributed by atoms with Gasteiger partial charge in [-0.15, -0.1) is 0 Å². The lowest BCUT2D eigenvalue weighted by atomic mass is 10.2. The first-order valence-electron chi connectivity index (χ1n) is 6.41. The summed E-state index contributed by atoms with van der Waals surface area (Å²) in [5.41, 5.74) is 0.834. The number of aromatic nitrogens is 1. The third-order valence-electron chi connectivity index (χ3n) is 3.53. The molecule has 1 heterocycles. The first kappa shape index (κ1) is 16.9. The number of hydrogen-bond donors (Lipinski definition) is 0. The molecule has 0 saturated carbocycles. The molecule has 0 aliphatic carbocycles. The average molecular weight is 310 g/mol. The Bertz CT molecular complexity index is 553. The highest BCUT2D eigenvalue weighted by Gasteiger charge is 2.36. The number of carbonyl (C=O) groups is 1. The predicted molar refractivity (Wildman–Crippen MR) is 84.7 cm³/mol. The lowest BCUT2D eigenvalue weighted by Gasteiger charge is -2.35. The van der Waals surface area contributed by atoms with E-state index in [1.165, 1.54) is 6.20 Å². The van der Waals surface area contributed by atoms with Crippen LogP contribution in [-0.2, 0) is 4.43 Å². The van der Waals surface area contributed by atoms with Crippen molar-refractivity contribution in [3.8, 4) is 11.8 Å². The van der Waals surface area contributed by atoms with Gasteiger partial charge in [0.25, 0.3) is 0 Å². The molecule has 0 unspecified atom stereocenters. The van der Waals surface area contributed by atoms with Crippen molar-refractivity contribution in [1.82, 2.24) is 4.98 Å². The van der Waals surface area contributed by atoms with Crippen LogP contribution in [0, 0.1) is 11.8 Å². The Hall–Kier alpha value is -1.15. The third-order valence-corrected chi connectivity index (χ3v) is 8.22. The minimum atomic E-state index is -1.79. The molecule has 0 N–H and O–H groups in total. The summed E-state index contributed by atoms with van der Waals surface area (Å²) in [6.45, 7) is 11.2. The highest BCUT2D eigenvalue weighted by molar-refractivity contribution is 6.74. The molecule has 108 valence electrons. The molecule has 1 rings (SSSR count). The van der Waals surface area contributed by atoms with Crippen LogP contribution >= 0.6 is 11.6 Å². The van der Waals surface area contributed by atoms with Crippen molar-refractivity contribution >= 4 is 26.2 Å². The van der Waals surface area contributed by atoms with E-state index >= 15 is 0 Å². The average Bonchev–Trinajstić information content (AvgIpc) is 2.33. The second-order valence-corrected chi connectivity index (χ2v) is 11.3. The largest absolute Gasteiger partial charge is 0.406 e. The summed E-state index contributed by atoms with van der Waals surface area (Å²) in [6, 6.07) is 1.64.